The lowest BCUT2D eigenvalue weighted by Gasteiger charge is -2.12. The van der Waals surface area contributed by atoms with E-state index in [2.05, 4.69) is 26.1 Å². The molecule has 0 radical (unpaired) electrons. The Morgan fingerprint density at radius 3 is 2.72 bits per heavy atom. The van der Waals surface area contributed by atoms with E-state index in [4.69, 9.17) is 14.9 Å². The van der Waals surface area contributed by atoms with Gasteiger partial charge in [0.1, 0.15) is 5.75 Å². The molecule has 5 nitrogen and oxygen atoms in total. The number of benzene rings is 1. The number of rotatable bonds is 4. The number of aryl methyl sites for hydroxylation is 2. The van der Waals surface area contributed by atoms with Crippen LogP contribution in [0, 0.1) is 13.8 Å². The van der Waals surface area contributed by atoms with E-state index < -0.39 is 0 Å². The number of hydrogen-bond donors (Lipinski definition) is 1. The van der Waals surface area contributed by atoms with Crippen LogP contribution in [0.1, 0.15) is 22.9 Å². The van der Waals surface area contributed by atoms with Crippen LogP contribution in [0.15, 0.2) is 21.0 Å². The number of hydrogen-bond acceptors (Lipinski definition) is 5. The standard InChI is InChI=1S/C12H14BrN3O2/c1-7-3-10(13)4-9(5-14)12(7)17-6-11-16-15-8(2)18-11/h3-4H,5-6,14H2,1-2H3. The molecule has 2 N–H and O–H groups in total. The molecule has 0 aliphatic heterocycles. The molecular weight excluding hydrogens is 298 g/mol. The van der Waals surface area contributed by atoms with Gasteiger partial charge in [0.25, 0.3) is 5.89 Å². The van der Waals surface area contributed by atoms with Gasteiger partial charge in [0.05, 0.1) is 0 Å². The van der Waals surface area contributed by atoms with Crippen LogP contribution in [-0.4, -0.2) is 10.2 Å². The maximum Gasteiger partial charge on any atom is 0.253 e. The van der Waals surface area contributed by atoms with Crippen molar-refractivity contribution in [1.29, 1.82) is 0 Å². The molecule has 0 bridgehead atoms. The lowest BCUT2D eigenvalue weighted by Crippen LogP contribution is -2.04. The molecule has 0 spiro atoms. The summed E-state index contributed by atoms with van der Waals surface area (Å²) in [4.78, 5) is 0. The van der Waals surface area contributed by atoms with Crippen LogP contribution in [0.3, 0.4) is 0 Å². The Labute approximate surface area is 113 Å². The molecule has 18 heavy (non-hydrogen) atoms. The minimum Gasteiger partial charge on any atom is -0.483 e. The smallest absolute Gasteiger partial charge is 0.253 e. The van der Waals surface area contributed by atoms with Crippen LogP contribution in [0.25, 0.3) is 0 Å². The van der Waals surface area contributed by atoms with Gasteiger partial charge in [-0.2, -0.15) is 0 Å². The summed E-state index contributed by atoms with van der Waals surface area (Å²) in [6.07, 6.45) is 0. The van der Waals surface area contributed by atoms with E-state index in [0.717, 1.165) is 21.3 Å². The van der Waals surface area contributed by atoms with Gasteiger partial charge in [0.15, 0.2) is 6.61 Å². The first kappa shape index (κ1) is 13.0. The second kappa shape index (κ2) is 5.49. The van der Waals surface area contributed by atoms with Crippen molar-refractivity contribution >= 4 is 15.9 Å². The predicted octanol–water partition coefficient (Wildman–Crippen LogP) is 2.49. The van der Waals surface area contributed by atoms with E-state index >= 15 is 0 Å². The summed E-state index contributed by atoms with van der Waals surface area (Å²) in [7, 11) is 0. The number of halogens is 1. The molecule has 0 amide bonds. The molecule has 0 aliphatic rings. The highest BCUT2D eigenvalue weighted by Crippen LogP contribution is 2.28. The molecular formula is C12H14BrN3O2. The monoisotopic (exact) mass is 311 g/mol. The van der Waals surface area contributed by atoms with Crippen LogP contribution in [-0.2, 0) is 13.2 Å². The van der Waals surface area contributed by atoms with Crippen molar-refractivity contribution < 1.29 is 9.15 Å². The molecule has 1 aromatic carbocycles. The fourth-order valence-electron chi connectivity index (χ4n) is 1.69. The zero-order chi connectivity index (χ0) is 13.1. The Balaban J connectivity index is 2.18. The summed E-state index contributed by atoms with van der Waals surface area (Å²) < 4.78 is 12.0. The second-order valence-corrected chi connectivity index (χ2v) is 4.83. The van der Waals surface area contributed by atoms with Gasteiger partial charge in [-0.3, -0.25) is 0 Å². The zero-order valence-corrected chi connectivity index (χ0v) is 11.8. The Morgan fingerprint density at radius 1 is 1.33 bits per heavy atom. The van der Waals surface area contributed by atoms with Crippen LogP contribution >= 0.6 is 15.9 Å². The minimum absolute atomic E-state index is 0.246. The van der Waals surface area contributed by atoms with Gasteiger partial charge in [0, 0.05) is 23.5 Å². The average molecular weight is 312 g/mol. The quantitative estimate of drug-likeness (QED) is 0.939. The largest absolute Gasteiger partial charge is 0.483 e. The fourth-order valence-corrected chi connectivity index (χ4v) is 2.31. The topological polar surface area (TPSA) is 74.2 Å². The molecule has 0 saturated heterocycles. The molecule has 0 atom stereocenters. The Bertz CT molecular complexity index is 554. The first-order chi connectivity index (χ1) is 8.60. The van der Waals surface area contributed by atoms with E-state index in [1.54, 1.807) is 6.92 Å². The highest BCUT2D eigenvalue weighted by Gasteiger charge is 2.10. The lowest BCUT2D eigenvalue weighted by atomic mass is 10.1. The van der Waals surface area contributed by atoms with Gasteiger partial charge in [-0.1, -0.05) is 15.9 Å². The highest BCUT2D eigenvalue weighted by atomic mass is 79.9. The lowest BCUT2D eigenvalue weighted by molar-refractivity contribution is 0.256. The SMILES string of the molecule is Cc1nnc(COc2c(C)cc(Br)cc2CN)o1. The number of nitrogens with two attached hydrogens (primary N) is 1. The zero-order valence-electron chi connectivity index (χ0n) is 10.2. The summed E-state index contributed by atoms with van der Waals surface area (Å²) in [6, 6.07) is 3.93. The summed E-state index contributed by atoms with van der Waals surface area (Å²) in [6.45, 7) is 4.37. The van der Waals surface area contributed by atoms with Gasteiger partial charge < -0.3 is 14.9 Å². The summed E-state index contributed by atoms with van der Waals surface area (Å²) in [5.41, 5.74) is 7.67. The van der Waals surface area contributed by atoms with Gasteiger partial charge in [0.2, 0.25) is 5.89 Å². The van der Waals surface area contributed by atoms with E-state index in [1.807, 2.05) is 19.1 Å². The molecule has 0 saturated carbocycles. The van der Waals surface area contributed by atoms with Crippen molar-refractivity contribution in [3.63, 3.8) is 0 Å². The van der Waals surface area contributed by atoms with E-state index in [9.17, 15) is 0 Å². The second-order valence-electron chi connectivity index (χ2n) is 3.92. The predicted molar refractivity (Wildman–Crippen MR) is 70.1 cm³/mol. The van der Waals surface area contributed by atoms with Gasteiger partial charge >= 0.3 is 0 Å². The summed E-state index contributed by atoms with van der Waals surface area (Å²) in [5.74, 6) is 1.76. The third-order valence-corrected chi connectivity index (χ3v) is 2.90. The van der Waals surface area contributed by atoms with Crippen molar-refractivity contribution in [3.05, 3.63) is 39.5 Å². The number of ether oxygens (including phenoxy) is 1. The van der Waals surface area contributed by atoms with Gasteiger partial charge in [-0.25, -0.2) is 0 Å². The Kier molecular flexibility index (Phi) is 3.98. The Morgan fingerprint density at radius 2 is 2.11 bits per heavy atom. The normalized spacial score (nSPS) is 10.7. The third-order valence-electron chi connectivity index (χ3n) is 2.44. The average Bonchev–Trinajstić information content (AvgIpc) is 2.73. The molecule has 6 heteroatoms. The fraction of sp³-hybridized carbons (Fsp3) is 0.333. The van der Waals surface area contributed by atoms with Crippen LogP contribution in [0.5, 0.6) is 5.75 Å². The Hall–Kier alpha value is -1.40. The minimum atomic E-state index is 0.246. The van der Waals surface area contributed by atoms with Crippen molar-refractivity contribution in [1.82, 2.24) is 10.2 Å². The maximum atomic E-state index is 5.72. The first-order valence-corrected chi connectivity index (χ1v) is 6.30. The van der Waals surface area contributed by atoms with Crippen LogP contribution < -0.4 is 10.5 Å². The van der Waals surface area contributed by atoms with E-state index in [1.165, 1.54) is 0 Å². The maximum absolute atomic E-state index is 5.72. The van der Waals surface area contributed by atoms with Crippen molar-refractivity contribution in [2.75, 3.05) is 0 Å². The van der Waals surface area contributed by atoms with Gasteiger partial charge in [-0.15, -0.1) is 10.2 Å². The molecule has 1 heterocycles. The van der Waals surface area contributed by atoms with Crippen LogP contribution in [0.4, 0.5) is 0 Å². The van der Waals surface area contributed by atoms with Gasteiger partial charge in [-0.05, 0) is 24.6 Å². The van der Waals surface area contributed by atoms with Crippen LogP contribution in [0.2, 0.25) is 0 Å². The molecule has 0 unspecified atom stereocenters. The van der Waals surface area contributed by atoms with Crippen molar-refractivity contribution in [3.8, 4) is 5.75 Å². The van der Waals surface area contributed by atoms with E-state index in [-0.39, 0.29) is 6.61 Å². The number of aromatic nitrogens is 2. The molecule has 0 aliphatic carbocycles. The summed E-state index contributed by atoms with van der Waals surface area (Å²) in [5, 5.41) is 7.63. The summed E-state index contributed by atoms with van der Waals surface area (Å²) >= 11 is 3.44. The molecule has 96 valence electrons. The number of nitrogens with zero attached hydrogens (tertiary/aromatic N) is 2. The highest BCUT2D eigenvalue weighted by molar-refractivity contribution is 9.10. The molecule has 2 aromatic rings. The molecule has 1 aromatic heterocycles. The molecule has 0 fully saturated rings. The molecule has 2 rings (SSSR count). The third kappa shape index (κ3) is 2.88. The van der Waals surface area contributed by atoms with E-state index in [0.29, 0.717) is 18.3 Å². The van der Waals surface area contributed by atoms with Crippen molar-refractivity contribution in [2.45, 2.75) is 27.0 Å². The van der Waals surface area contributed by atoms with Crippen molar-refractivity contribution in [2.24, 2.45) is 5.73 Å². The first-order valence-electron chi connectivity index (χ1n) is 5.51.